The van der Waals surface area contributed by atoms with Crippen LogP contribution in [0.5, 0.6) is 0 Å². The van der Waals surface area contributed by atoms with Gasteiger partial charge >= 0.3 is 0 Å². The number of nitrogens with one attached hydrogen (secondary N) is 1. The first-order valence-electron chi connectivity index (χ1n) is 5.67. The quantitative estimate of drug-likeness (QED) is 0.795. The number of aromatic nitrogens is 1. The Kier molecular flexibility index (Phi) is 3.25. The van der Waals surface area contributed by atoms with Gasteiger partial charge in [0.25, 0.3) is 0 Å². The molecule has 0 saturated carbocycles. The van der Waals surface area contributed by atoms with Crippen molar-refractivity contribution >= 4 is 5.82 Å². The molecule has 1 N–H and O–H groups in total. The summed E-state index contributed by atoms with van der Waals surface area (Å²) in [6.07, 6.45) is 1.41. The minimum Gasteiger partial charge on any atom is -0.351 e. The van der Waals surface area contributed by atoms with E-state index in [9.17, 15) is 4.39 Å². The molecule has 1 saturated heterocycles. The van der Waals surface area contributed by atoms with Crippen molar-refractivity contribution in [1.29, 1.82) is 5.26 Å². The van der Waals surface area contributed by atoms with Crippen molar-refractivity contribution in [2.24, 2.45) is 0 Å². The summed E-state index contributed by atoms with van der Waals surface area (Å²) in [5.41, 5.74) is 0.252. The molecule has 1 aromatic heterocycles. The second-order valence-corrected chi connectivity index (χ2v) is 4.51. The predicted octanol–water partition coefficient (Wildman–Crippen LogP) is 1.28. The van der Waals surface area contributed by atoms with Crippen LogP contribution in [0.15, 0.2) is 12.3 Å². The number of pyridine rings is 1. The lowest BCUT2D eigenvalue weighted by Crippen LogP contribution is -2.54. The Labute approximate surface area is 100 Å². The first-order chi connectivity index (χ1) is 8.10. The van der Waals surface area contributed by atoms with Gasteiger partial charge in [-0.05, 0) is 19.9 Å². The Morgan fingerprint density at radius 1 is 1.47 bits per heavy atom. The standard InChI is InChI=1S/C12H15FN4/c1-8-6-17(7-9(2)16-8)12-11(13)3-10(4-14)5-15-12/h3,5,8-9,16H,6-7H2,1-2H3/t8-,9+. The summed E-state index contributed by atoms with van der Waals surface area (Å²) in [5.74, 6) is -0.0884. The number of nitriles is 1. The summed E-state index contributed by atoms with van der Waals surface area (Å²) in [7, 11) is 0. The van der Waals surface area contributed by atoms with E-state index in [2.05, 4.69) is 24.1 Å². The van der Waals surface area contributed by atoms with Gasteiger partial charge in [-0.25, -0.2) is 9.37 Å². The molecule has 0 radical (unpaired) electrons. The van der Waals surface area contributed by atoms with Crippen LogP contribution < -0.4 is 10.2 Å². The van der Waals surface area contributed by atoms with Gasteiger partial charge in [0.2, 0.25) is 0 Å². The van der Waals surface area contributed by atoms with Gasteiger partial charge in [0.15, 0.2) is 11.6 Å². The smallest absolute Gasteiger partial charge is 0.166 e. The van der Waals surface area contributed by atoms with Gasteiger partial charge in [-0.3, -0.25) is 0 Å². The minimum atomic E-state index is -0.426. The van der Waals surface area contributed by atoms with E-state index in [0.29, 0.717) is 17.9 Å². The number of nitrogens with zero attached hydrogens (tertiary/aromatic N) is 3. The van der Waals surface area contributed by atoms with Crippen LogP contribution in [-0.4, -0.2) is 30.2 Å². The van der Waals surface area contributed by atoms with Crippen molar-refractivity contribution in [2.45, 2.75) is 25.9 Å². The number of halogens is 1. The highest BCUT2D eigenvalue weighted by molar-refractivity contribution is 5.44. The van der Waals surface area contributed by atoms with Gasteiger partial charge < -0.3 is 10.2 Å². The first-order valence-corrected chi connectivity index (χ1v) is 5.67. The number of rotatable bonds is 1. The van der Waals surface area contributed by atoms with Crippen molar-refractivity contribution in [1.82, 2.24) is 10.3 Å². The molecule has 0 unspecified atom stereocenters. The SMILES string of the molecule is C[C@@H]1CN(c2ncc(C#N)cc2F)C[C@H](C)N1. The normalized spacial score (nSPS) is 24.5. The van der Waals surface area contributed by atoms with Crippen LogP contribution in [-0.2, 0) is 0 Å². The third-order valence-corrected chi connectivity index (χ3v) is 2.81. The maximum absolute atomic E-state index is 13.8. The summed E-state index contributed by atoms with van der Waals surface area (Å²) in [6, 6.07) is 3.72. The van der Waals surface area contributed by atoms with Crippen molar-refractivity contribution in [2.75, 3.05) is 18.0 Å². The lowest BCUT2D eigenvalue weighted by Gasteiger charge is -2.36. The summed E-state index contributed by atoms with van der Waals surface area (Å²) in [5, 5.41) is 12.0. The Bertz CT molecular complexity index is 444. The van der Waals surface area contributed by atoms with E-state index in [4.69, 9.17) is 5.26 Å². The molecule has 0 amide bonds. The molecule has 17 heavy (non-hydrogen) atoms. The molecule has 2 heterocycles. The van der Waals surface area contributed by atoms with E-state index >= 15 is 0 Å². The topological polar surface area (TPSA) is 52.0 Å². The van der Waals surface area contributed by atoms with Crippen LogP contribution >= 0.6 is 0 Å². The lowest BCUT2D eigenvalue weighted by molar-refractivity contribution is 0.401. The minimum absolute atomic E-state index is 0.252. The molecule has 0 spiro atoms. The molecule has 4 nitrogen and oxygen atoms in total. The highest BCUT2D eigenvalue weighted by atomic mass is 19.1. The molecule has 5 heteroatoms. The number of anilines is 1. The number of hydrogen-bond acceptors (Lipinski definition) is 4. The molecule has 1 aliphatic heterocycles. The average Bonchev–Trinajstić information content (AvgIpc) is 2.27. The van der Waals surface area contributed by atoms with Crippen LogP contribution in [0.1, 0.15) is 19.4 Å². The van der Waals surface area contributed by atoms with E-state index < -0.39 is 5.82 Å². The second kappa shape index (κ2) is 4.68. The van der Waals surface area contributed by atoms with Crippen LogP contribution in [0.25, 0.3) is 0 Å². The van der Waals surface area contributed by atoms with Crippen LogP contribution in [0.2, 0.25) is 0 Å². The maximum atomic E-state index is 13.8. The molecule has 0 bridgehead atoms. The Hall–Kier alpha value is -1.67. The molecule has 1 fully saturated rings. The second-order valence-electron chi connectivity index (χ2n) is 4.51. The van der Waals surface area contributed by atoms with Crippen LogP contribution in [0, 0.1) is 17.1 Å². The largest absolute Gasteiger partial charge is 0.351 e. The number of piperazine rings is 1. The summed E-state index contributed by atoms with van der Waals surface area (Å²) >= 11 is 0. The van der Waals surface area contributed by atoms with Gasteiger partial charge in [-0.1, -0.05) is 0 Å². The molecular weight excluding hydrogens is 219 g/mol. The fourth-order valence-electron chi connectivity index (χ4n) is 2.22. The Balaban J connectivity index is 2.25. The third kappa shape index (κ3) is 2.53. The van der Waals surface area contributed by atoms with Crippen LogP contribution in [0.3, 0.4) is 0 Å². The first kappa shape index (κ1) is 11.8. The van der Waals surface area contributed by atoms with E-state index in [-0.39, 0.29) is 5.56 Å². The van der Waals surface area contributed by atoms with E-state index in [0.717, 1.165) is 13.1 Å². The van der Waals surface area contributed by atoms with Crippen molar-refractivity contribution in [3.05, 3.63) is 23.6 Å². The average molecular weight is 234 g/mol. The summed E-state index contributed by atoms with van der Waals surface area (Å²) in [6.45, 7) is 5.56. The maximum Gasteiger partial charge on any atom is 0.166 e. The third-order valence-electron chi connectivity index (χ3n) is 2.81. The van der Waals surface area contributed by atoms with Crippen LogP contribution in [0.4, 0.5) is 10.2 Å². The van der Waals surface area contributed by atoms with Crippen molar-refractivity contribution in [3.63, 3.8) is 0 Å². The summed E-state index contributed by atoms with van der Waals surface area (Å²) < 4.78 is 13.8. The zero-order valence-corrected chi connectivity index (χ0v) is 9.94. The molecule has 1 aliphatic rings. The lowest BCUT2D eigenvalue weighted by atomic mass is 10.1. The zero-order chi connectivity index (χ0) is 12.4. The molecule has 2 atom stereocenters. The van der Waals surface area contributed by atoms with Crippen molar-refractivity contribution in [3.8, 4) is 6.07 Å². The van der Waals surface area contributed by atoms with Gasteiger partial charge in [0.05, 0.1) is 5.56 Å². The Morgan fingerprint density at radius 3 is 2.65 bits per heavy atom. The van der Waals surface area contributed by atoms with Crippen molar-refractivity contribution < 1.29 is 4.39 Å². The molecule has 90 valence electrons. The Morgan fingerprint density at radius 2 is 2.12 bits per heavy atom. The number of hydrogen-bond donors (Lipinski definition) is 1. The summed E-state index contributed by atoms with van der Waals surface area (Å²) in [4.78, 5) is 5.96. The molecular formula is C12H15FN4. The zero-order valence-electron chi connectivity index (χ0n) is 9.94. The van der Waals surface area contributed by atoms with E-state index in [1.807, 2.05) is 11.0 Å². The fourth-order valence-corrected chi connectivity index (χ4v) is 2.22. The van der Waals surface area contributed by atoms with Gasteiger partial charge in [-0.2, -0.15) is 5.26 Å². The fraction of sp³-hybridized carbons (Fsp3) is 0.500. The highest BCUT2D eigenvalue weighted by Crippen LogP contribution is 2.19. The van der Waals surface area contributed by atoms with Gasteiger partial charge in [0, 0.05) is 31.4 Å². The molecule has 0 aromatic carbocycles. The predicted molar refractivity (Wildman–Crippen MR) is 63.2 cm³/mol. The molecule has 0 aliphatic carbocycles. The van der Waals surface area contributed by atoms with Gasteiger partial charge in [0.1, 0.15) is 6.07 Å². The monoisotopic (exact) mass is 234 g/mol. The molecule has 1 aromatic rings. The molecule has 2 rings (SSSR count). The van der Waals surface area contributed by atoms with E-state index in [1.165, 1.54) is 12.3 Å². The highest BCUT2D eigenvalue weighted by Gasteiger charge is 2.24. The van der Waals surface area contributed by atoms with E-state index in [1.54, 1.807) is 0 Å². The van der Waals surface area contributed by atoms with Gasteiger partial charge in [-0.15, -0.1) is 0 Å².